The van der Waals surface area contributed by atoms with E-state index in [1.165, 1.54) is 135 Å². The van der Waals surface area contributed by atoms with Crippen LogP contribution in [-0.2, 0) is 23.8 Å². The molecule has 0 N–H and O–H groups in total. The third-order valence-corrected chi connectivity index (χ3v) is 12.1. The highest BCUT2D eigenvalue weighted by molar-refractivity contribution is 5.70. The molecule has 0 saturated heterocycles. The van der Waals surface area contributed by atoms with E-state index in [2.05, 4.69) is 118 Å². The van der Waals surface area contributed by atoms with Crippen molar-refractivity contribution < 1.29 is 23.8 Å². The molecule has 0 amide bonds. The first kappa shape index (κ1) is 64.8. The molecule has 0 saturated carbocycles. The van der Waals surface area contributed by atoms with Crippen molar-refractivity contribution in [1.29, 1.82) is 0 Å². The van der Waals surface area contributed by atoms with E-state index < -0.39 is 6.10 Å². The van der Waals surface area contributed by atoms with Gasteiger partial charge in [0.05, 0.1) is 6.61 Å². The molecule has 5 heteroatoms. The fraction of sp³-hybridized carbons (Fsp3) is 0.714. The molecule has 0 aliphatic rings. The Hall–Kier alpha value is -3.18. The highest BCUT2D eigenvalue weighted by atomic mass is 16.6. The van der Waals surface area contributed by atoms with Crippen LogP contribution in [0.3, 0.4) is 0 Å². The summed E-state index contributed by atoms with van der Waals surface area (Å²) in [5.41, 5.74) is 0. The lowest BCUT2D eigenvalue weighted by Gasteiger charge is -2.18. The molecule has 0 radical (unpaired) electrons. The predicted molar refractivity (Wildman–Crippen MR) is 297 cm³/mol. The normalized spacial score (nSPS) is 12.9. The number of esters is 2. The number of carbonyl (C=O) groups excluding carboxylic acids is 2. The minimum absolute atomic E-state index is 0.0534. The van der Waals surface area contributed by atoms with E-state index >= 15 is 0 Å². The van der Waals surface area contributed by atoms with E-state index in [9.17, 15) is 9.59 Å². The number of hydrogen-bond acceptors (Lipinski definition) is 5. The summed E-state index contributed by atoms with van der Waals surface area (Å²) in [6, 6.07) is 0. The standard InChI is InChI=1S/C63H108O5/c1-4-7-10-13-16-19-22-25-28-31-32-34-35-38-41-44-47-50-53-56-62(64)67-60-61(59-66-58-55-52-49-46-43-40-37-30-27-24-21-18-15-12-9-6-3)68-63(65)57-54-51-48-45-42-39-36-33-29-26-23-20-17-14-11-8-5-2/h8,11,16-17,19-20,25-26,28-29,32,34,36,39,45,48,61H,4-7,9-10,12-15,18,21-24,27,30-31,33,35,37-38,40-44,46-47,49-60H2,1-3H3/b11-8-,19-16-,20-17-,28-25-,29-26-,34-32-,39-36-,48-45-. The van der Waals surface area contributed by atoms with Crippen molar-refractivity contribution in [3.8, 4) is 0 Å². The third kappa shape index (κ3) is 55.4. The van der Waals surface area contributed by atoms with E-state index in [0.717, 1.165) is 96.3 Å². The SMILES string of the molecule is CC/C=C\C/C=C\C/C=C\C/C=C\C/C=C\CCCC(=O)OC(COCCCCCCCCCCCCCCCCCC)COC(=O)CCCCCCCC/C=C\C/C=C\C/C=C\CCCCC. The summed E-state index contributed by atoms with van der Waals surface area (Å²) in [6.07, 6.45) is 78.6. The van der Waals surface area contributed by atoms with Gasteiger partial charge in [0, 0.05) is 19.4 Å². The highest BCUT2D eigenvalue weighted by Gasteiger charge is 2.17. The lowest BCUT2D eigenvalue weighted by molar-refractivity contribution is -0.162. The third-order valence-electron chi connectivity index (χ3n) is 12.1. The molecule has 1 atom stereocenters. The average molecular weight is 946 g/mol. The molecule has 68 heavy (non-hydrogen) atoms. The number of hydrogen-bond donors (Lipinski definition) is 0. The van der Waals surface area contributed by atoms with Crippen LogP contribution in [0.5, 0.6) is 0 Å². The summed E-state index contributed by atoms with van der Waals surface area (Å²) in [6.45, 7) is 7.64. The molecule has 390 valence electrons. The van der Waals surface area contributed by atoms with Crippen LogP contribution in [0.15, 0.2) is 97.2 Å². The fourth-order valence-electron chi connectivity index (χ4n) is 7.85. The van der Waals surface area contributed by atoms with Gasteiger partial charge in [-0.25, -0.2) is 0 Å². The second-order valence-electron chi connectivity index (χ2n) is 18.8. The molecule has 0 aromatic rings. The van der Waals surface area contributed by atoms with E-state index in [1.807, 2.05) is 0 Å². The molecular formula is C63H108O5. The lowest BCUT2D eigenvalue weighted by Crippen LogP contribution is -2.30. The number of allylic oxidation sites excluding steroid dienone is 16. The summed E-state index contributed by atoms with van der Waals surface area (Å²) in [5.74, 6) is -0.474. The van der Waals surface area contributed by atoms with Gasteiger partial charge in [0.25, 0.3) is 0 Å². The zero-order valence-electron chi connectivity index (χ0n) is 44.8. The maximum absolute atomic E-state index is 12.8. The zero-order chi connectivity index (χ0) is 49.2. The van der Waals surface area contributed by atoms with Crippen LogP contribution in [0.4, 0.5) is 0 Å². The molecule has 1 unspecified atom stereocenters. The van der Waals surface area contributed by atoms with Gasteiger partial charge in [-0.2, -0.15) is 0 Å². The summed E-state index contributed by atoms with van der Waals surface area (Å²) < 4.78 is 17.4. The van der Waals surface area contributed by atoms with Crippen molar-refractivity contribution in [2.75, 3.05) is 19.8 Å². The summed E-state index contributed by atoms with van der Waals surface area (Å²) in [7, 11) is 0. The number of ether oxygens (including phenoxy) is 3. The van der Waals surface area contributed by atoms with Gasteiger partial charge in [0.15, 0.2) is 6.10 Å². The topological polar surface area (TPSA) is 61.8 Å². The second kappa shape index (κ2) is 58.1. The molecule has 0 heterocycles. The summed E-state index contributed by atoms with van der Waals surface area (Å²) >= 11 is 0. The molecule has 0 aromatic carbocycles. The monoisotopic (exact) mass is 945 g/mol. The van der Waals surface area contributed by atoms with Crippen LogP contribution in [0.2, 0.25) is 0 Å². The predicted octanol–water partition coefficient (Wildman–Crippen LogP) is 19.8. The van der Waals surface area contributed by atoms with Crippen molar-refractivity contribution in [3.63, 3.8) is 0 Å². The van der Waals surface area contributed by atoms with Crippen molar-refractivity contribution in [1.82, 2.24) is 0 Å². The van der Waals surface area contributed by atoms with E-state index in [1.54, 1.807) is 0 Å². The van der Waals surface area contributed by atoms with Crippen molar-refractivity contribution in [3.05, 3.63) is 97.2 Å². The Bertz CT molecular complexity index is 1300. The quantitative estimate of drug-likeness (QED) is 0.0345. The summed E-state index contributed by atoms with van der Waals surface area (Å²) in [5, 5.41) is 0. The first-order chi connectivity index (χ1) is 33.6. The van der Waals surface area contributed by atoms with Crippen LogP contribution in [-0.4, -0.2) is 37.9 Å². The molecule has 0 aliphatic heterocycles. The number of rotatable bonds is 52. The van der Waals surface area contributed by atoms with Crippen LogP contribution < -0.4 is 0 Å². The smallest absolute Gasteiger partial charge is 0.306 e. The molecular weight excluding hydrogens is 837 g/mol. The molecule has 5 nitrogen and oxygen atoms in total. The second-order valence-corrected chi connectivity index (χ2v) is 18.8. The number of carbonyl (C=O) groups is 2. The zero-order valence-corrected chi connectivity index (χ0v) is 44.8. The molecule has 0 aromatic heterocycles. The molecule has 0 fully saturated rings. The van der Waals surface area contributed by atoms with E-state index in [-0.39, 0.29) is 25.2 Å². The van der Waals surface area contributed by atoms with Crippen LogP contribution in [0.1, 0.15) is 265 Å². The van der Waals surface area contributed by atoms with Crippen molar-refractivity contribution in [2.24, 2.45) is 0 Å². The van der Waals surface area contributed by atoms with Gasteiger partial charge in [-0.05, 0) is 96.3 Å². The van der Waals surface area contributed by atoms with Crippen LogP contribution in [0, 0.1) is 0 Å². The maximum Gasteiger partial charge on any atom is 0.306 e. The van der Waals surface area contributed by atoms with Crippen LogP contribution >= 0.6 is 0 Å². The molecule has 0 aliphatic carbocycles. The van der Waals surface area contributed by atoms with E-state index in [0.29, 0.717) is 19.4 Å². The Balaban J connectivity index is 4.38. The van der Waals surface area contributed by atoms with Crippen molar-refractivity contribution in [2.45, 2.75) is 271 Å². The van der Waals surface area contributed by atoms with Gasteiger partial charge >= 0.3 is 11.9 Å². The molecule has 0 rings (SSSR count). The van der Waals surface area contributed by atoms with Gasteiger partial charge in [-0.1, -0.05) is 253 Å². The first-order valence-electron chi connectivity index (χ1n) is 28.8. The average Bonchev–Trinajstić information content (AvgIpc) is 3.34. The molecule has 0 spiro atoms. The largest absolute Gasteiger partial charge is 0.462 e. The highest BCUT2D eigenvalue weighted by Crippen LogP contribution is 2.15. The van der Waals surface area contributed by atoms with E-state index in [4.69, 9.17) is 14.2 Å². The van der Waals surface area contributed by atoms with Gasteiger partial charge < -0.3 is 14.2 Å². The summed E-state index contributed by atoms with van der Waals surface area (Å²) in [4.78, 5) is 25.5. The van der Waals surface area contributed by atoms with Crippen LogP contribution in [0.25, 0.3) is 0 Å². The Morgan fingerprint density at radius 2 is 0.676 bits per heavy atom. The Labute approximate surface area is 422 Å². The Morgan fingerprint density at radius 1 is 0.338 bits per heavy atom. The Morgan fingerprint density at radius 3 is 1.13 bits per heavy atom. The Kier molecular flexibility index (Phi) is 55.4. The van der Waals surface area contributed by atoms with Gasteiger partial charge in [0.1, 0.15) is 6.61 Å². The van der Waals surface area contributed by atoms with Crippen molar-refractivity contribution >= 4 is 11.9 Å². The minimum atomic E-state index is -0.575. The molecule has 0 bridgehead atoms. The first-order valence-corrected chi connectivity index (χ1v) is 28.8. The number of unbranched alkanes of at least 4 members (excludes halogenated alkanes) is 25. The lowest BCUT2D eigenvalue weighted by atomic mass is 10.0. The van der Waals surface area contributed by atoms with Gasteiger partial charge in [-0.15, -0.1) is 0 Å². The van der Waals surface area contributed by atoms with Gasteiger partial charge in [0.2, 0.25) is 0 Å². The van der Waals surface area contributed by atoms with Gasteiger partial charge in [-0.3, -0.25) is 9.59 Å². The minimum Gasteiger partial charge on any atom is -0.462 e. The maximum atomic E-state index is 12.8. The fourth-order valence-corrected chi connectivity index (χ4v) is 7.85.